The van der Waals surface area contributed by atoms with Crippen molar-refractivity contribution in [3.8, 4) is 0 Å². The van der Waals surface area contributed by atoms with Gasteiger partial charge in [0.05, 0.1) is 0 Å². The Bertz CT molecular complexity index is 540. The summed E-state index contributed by atoms with van der Waals surface area (Å²) in [6, 6.07) is 6.94. The van der Waals surface area contributed by atoms with Crippen LogP contribution in [-0.4, -0.2) is 28.3 Å². The van der Waals surface area contributed by atoms with E-state index in [9.17, 15) is 9.59 Å². The van der Waals surface area contributed by atoms with Gasteiger partial charge in [0.2, 0.25) is 11.8 Å². The smallest absolute Gasteiger partial charge is 0.246 e. The summed E-state index contributed by atoms with van der Waals surface area (Å²) in [5.41, 5.74) is 0.117. The van der Waals surface area contributed by atoms with E-state index in [0.717, 1.165) is 12.0 Å². The van der Waals surface area contributed by atoms with Gasteiger partial charge in [-0.05, 0) is 38.0 Å². The zero-order chi connectivity index (χ0) is 15.6. The number of nitrogens with zero attached hydrogens (tertiary/aromatic N) is 1. The largest absolute Gasteiger partial charge is 0.342 e. The van der Waals surface area contributed by atoms with Crippen LogP contribution in [0.25, 0.3) is 0 Å². The molecule has 0 aromatic heterocycles. The molecule has 5 heteroatoms. The van der Waals surface area contributed by atoms with Crippen LogP contribution in [-0.2, 0) is 16.1 Å². The fraction of sp³-hybridized carbons (Fsp3) is 0.500. The zero-order valence-electron chi connectivity index (χ0n) is 12.6. The van der Waals surface area contributed by atoms with E-state index >= 15 is 0 Å². The highest BCUT2D eigenvalue weighted by Crippen LogP contribution is 2.25. The molecule has 1 saturated heterocycles. The molecule has 0 saturated carbocycles. The Kier molecular flexibility index (Phi) is 4.57. The molecule has 0 aliphatic carbocycles. The Morgan fingerprint density at radius 3 is 2.43 bits per heavy atom. The van der Waals surface area contributed by atoms with E-state index in [4.69, 9.17) is 11.6 Å². The Morgan fingerprint density at radius 2 is 1.86 bits per heavy atom. The predicted molar refractivity (Wildman–Crippen MR) is 82.9 cm³/mol. The van der Waals surface area contributed by atoms with E-state index in [1.54, 1.807) is 30.9 Å². The minimum atomic E-state index is -0.846. The number of nitrogens with one attached hydrogen (secondary N) is 1. The lowest BCUT2D eigenvalue weighted by Gasteiger charge is -2.44. The fourth-order valence-electron chi connectivity index (χ4n) is 2.52. The molecular weight excluding hydrogens is 288 g/mol. The Balaban J connectivity index is 2.25. The molecule has 21 heavy (non-hydrogen) atoms. The quantitative estimate of drug-likeness (QED) is 0.930. The molecular formula is C16H21ClN2O2. The average molecular weight is 309 g/mol. The minimum absolute atomic E-state index is 0.0172. The summed E-state index contributed by atoms with van der Waals surface area (Å²) in [7, 11) is 0. The highest BCUT2D eigenvalue weighted by molar-refractivity contribution is 6.30. The maximum absolute atomic E-state index is 12.6. The fourth-order valence-corrected chi connectivity index (χ4v) is 2.64. The van der Waals surface area contributed by atoms with E-state index in [2.05, 4.69) is 5.32 Å². The van der Waals surface area contributed by atoms with Crippen LogP contribution in [0.3, 0.4) is 0 Å². The molecule has 114 valence electrons. The molecule has 1 N–H and O–H groups in total. The molecule has 1 unspecified atom stereocenters. The topological polar surface area (TPSA) is 49.4 Å². The Morgan fingerprint density at radius 1 is 1.24 bits per heavy atom. The number of piperazine rings is 1. The maximum atomic E-state index is 12.6. The van der Waals surface area contributed by atoms with Gasteiger partial charge in [0, 0.05) is 11.6 Å². The summed E-state index contributed by atoms with van der Waals surface area (Å²) in [6.45, 7) is 5.97. The van der Waals surface area contributed by atoms with Crippen LogP contribution in [0.4, 0.5) is 0 Å². The second-order valence-electron chi connectivity index (χ2n) is 5.92. The van der Waals surface area contributed by atoms with Gasteiger partial charge in [0.25, 0.3) is 0 Å². The third-order valence-corrected chi connectivity index (χ3v) is 4.18. The average Bonchev–Trinajstić information content (AvgIpc) is 2.43. The normalized spacial score (nSPS) is 21.3. The van der Waals surface area contributed by atoms with Crippen LogP contribution < -0.4 is 5.32 Å². The summed E-state index contributed by atoms with van der Waals surface area (Å²) in [4.78, 5) is 26.6. The third-order valence-electron chi connectivity index (χ3n) is 3.93. The molecule has 1 heterocycles. The number of hydrogen-bond donors (Lipinski definition) is 1. The molecule has 2 rings (SSSR count). The first kappa shape index (κ1) is 15.8. The number of benzene rings is 1. The van der Waals surface area contributed by atoms with Crippen molar-refractivity contribution < 1.29 is 9.59 Å². The monoisotopic (exact) mass is 308 g/mol. The van der Waals surface area contributed by atoms with Gasteiger partial charge >= 0.3 is 0 Å². The molecule has 1 aliphatic rings. The molecule has 2 amide bonds. The maximum Gasteiger partial charge on any atom is 0.246 e. The van der Waals surface area contributed by atoms with Gasteiger partial charge in [0.15, 0.2) is 0 Å². The lowest BCUT2D eigenvalue weighted by molar-refractivity contribution is -0.156. The molecule has 1 aromatic carbocycles. The standard InChI is InChI=1S/C16H21ClN2O2/c1-4-5-13-14(20)19(16(2,3)15(21)18-13)10-11-6-8-12(17)9-7-11/h6-9,13H,4-5,10H2,1-3H3,(H,18,21). The van der Waals surface area contributed by atoms with Gasteiger partial charge in [0.1, 0.15) is 11.6 Å². The van der Waals surface area contributed by atoms with Gasteiger partial charge in [-0.15, -0.1) is 0 Å². The number of carbonyl (C=O) groups is 2. The van der Waals surface area contributed by atoms with Crippen LogP contribution in [0.15, 0.2) is 24.3 Å². The van der Waals surface area contributed by atoms with E-state index in [1.807, 2.05) is 19.1 Å². The highest BCUT2D eigenvalue weighted by Gasteiger charge is 2.45. The first-order valence-electron chi connectivity index (χ1n) is 7.23. The molecule has 1 atom stereocenters. The lowest BCUT2D eigenvalue weighted by atomic mass is 9.93. The summed E-state index contributed by atoms with van der Waals surface area (Å²) in [6.07, 6.45) is 1.52. The molecule has 1 fully saturated rings. The molecule has 0 spiro atoms. The van der Waals surface area contributed by atoms with Gasteiger partial charge < -0.3 is 10.2 Å². The number of hydrogen-bond acceptors (Lipinski definition) is 2. The SMILES string of the molecule is CCCC1NC(=O)C(C)(C)N(Cc2ccc(Cl)cc2)C1=O. The zero-order valence-corrected chi connectivity index (χ0v) is 13.4. The second-order valence-corrected chi connectivity index (χ2v) is 6.36. The summed E-state index contributed by atoms with van der Waals surface area (Å²) in [5, 5.41) is 3.49. The van der Waals surface area contributed by atoms with Crippen molar-refractivity contribution in [3.63, 3.8) is 0 Å². The van der Waals surface area contributed by atoms with Crippen LogP contribution in [0.2, 0.25) is 5.02 Å². The van der Waals surface area contributed by atoms with Gasteiger partial charge in [-0.1, -0.05) is 37.1 Å². The molecule has 1 aromatic rings. The van der Waals surface area contributed by atoms with Crippen molar-refractivity contribution in [1.82, 2.24) is 10.2 Å². The Hall–Kier alpha value is -1.55. The van der Waals surface area contributed by atoms with Crippen LogP contribution >= 0.6 is 11.6 Å². The number of carbonyl (C=O) groups excluding carboxylic acids is 2. The van der Waals surface area contributed by atoms with Gasteiger partial charge in [-0.2, -0.15) is 0 Å². The van der Waals surface area contributed by atoms with Gasteiger partial charge in [-0.3, -0.25) is 9.59 Å². The lowest BCUT2D eigenvalue weighted by Crippen LogP contribution is -2.67. The summed E-state index contributed by atoms with van der Waals surface area (Å²) < 4.78 is 0. The van der Waals surface area contributed by atoms with Crippen LogP contribution in [0, 0.1) is 0 Å². The van der Waals surface area contributed by atoms with Crippen molar-refractivity contribution in [1.29, 1.82) is 0 Å². The van der Waals surface area contributed by atoms with Crippen molar-refractivity contribution >= 4 is 23.4 Å². The Labute approximate surface area is 130 Å². The molecule has 1 aliphatic heterocycles. The first-order chi connectivity index (χ1) is 9.86. The van der Waals surface area contributed by atoms with E-state index in [1.165, 1.54) is 0 Å². The second kappa shape index (κ2) is 6.06. The van der Waals surface area contributed by atoms with Crippen molar-refractivity contribution in [3.05, 3.63) is 34.9 Å². The van der Waals surface area contributed by atoms with Crippen LogP contribution in [0.1, 0.15) is 39.2 Å². The van der Waals surface area contributed by atoms with Crippen molar-refractivity contribution in [2.24, 2.45) is 0 Å². The summed E-state index contributed by atoms with van der Waals surface area (Å²) >= 11 is 5.88. The molecule has 0 radical (unpaired) electrons. The predicted octanol–water partition coefficient (Wildman–Crippen LogP) is 2.75. The molecule has 4 nitrogen and oxygen atoms in total. The van der Waals surface area contributed by atoms with E-state index in [-0.39, 0.29) is 11.8 Å². The van der Waals surface area contributed by atoms with E-state index in [0.29, 0.717) is 18.0 Å². The number of halogens is 1. The number of amides is 2. The highest BCUT2D eigenvalue weighted by atomic mass is 35.5. The third kappa shape index (κ3) is 3.21. The van der Waals surface area contributed by atoms with Gasteiger partial charge in [-0.25, -0.2) is 0 Å². The molecule has 0 bridgehead atoms. The van der Waals surface area contributed by atoms with Crippen molar-refractivity contribution in [2.45, 2.75) is 51.7 Å². The minimum Gasteiger partial charge on any atom is -0.342 e. The van der Waals surface area contributed by atoms with Crippen LogP contribution in [0.5, 0.6) is 0 Å². The first-order valence-corrected chi connectivity index (χ1v) is 7.61. The number of rotatable bonds is 4. The van der Waals surface area contributed by atoms with E-state index < -0.39 is 11.6 Å². The summed E-state index contributed by atoms with van der Waals surface area (Å²) in [5.74, 6) is -0.120. The van der Waals surface area contributed by atoms with Crippen molar-refractivity contribution in [2.75, 3.05) is 0 Å².